The molecule has 0 fully saturated rings. The Bertz CT molecular complexity index is 952. The molecule has 0 bridgehead atoms. The third-order valence-corrected chi connectivity index (χ3v) is 5.19. The van der Waals surface area contributed by atoms with Gasteiger partial charge in [-0.3, -0.25) is 0 Å². The standard InChI is InChI=1S/C22H20ClFINO2/c1-2-27-21-12-15(13-26-20-10-6-4-8-17(20)23)11-19(25)22(21)28-14-16-7-3-5-9-18(16)24/h3-12,26H,2,13-14H2,1H3. The number of hydrogen-bond donors (Lipinski definition) is 1. The van der Waals surface area contributed by atoms with Crippen LogP contribution in [0.25, 0.3) is 0 Å². The average molecular weight is 512 g/mol. The zero-order chi connectivity index (χ0) is 19.9. The fraction of sp³-hybridized carbons (Fsp3) is 0.182. The highest BCUT2D eigenvalue weighted by molar-refractivity contribution is 14.1. The molecule has 0 radical (unpaired) electrons. The topological polar surface area (TPSA) is 30.5 Å². The molecule has 0 atom stereocenters. The van der Waals surface area contributed by atoms with Gasteiger partial charge in [-0.1, -0.05) is 41.9 Å². The minimum atomic E-state index is -0.281. The van der Waals surface area contributed by atoms with E-state index in [1.54, 1.807) is 18.2 Å². The summed E-state index contributed by atoms with van der Waals surface area (Å²) in [5.41, 5.74) is 2.41. The summed E-state index contributed by atoms with van der Waals surface area (Å²) < 4.78 is 26.5. The minimum absolute atomic E-state index is 0.139. The van der Waals surface area contributed by atoms with E-state index in [2.05, 4.69) is 27.9 Å². The number of para-hydroxylation sites is 1. The van der Waals surface area contributed by atoms with Crippen LogP contribution >= 0.6 is 34.2 Å². The Kier molecular flexibility index (Phi) is 7.39. The maximum Gasteiger partial charge on any atom is 0.174 e. The first-order valence-corrected chi connectivity index (χ1v) is 10.3. The quantitative estimate of drug-likeness (QED) is 0.343. The van der Waals surface area contributed by atoms with Gasteiger partial charge in [0.15, 0.2) is 11.5 Å². The van der Waals surface area contributed by atoms with Crippen molar-refractivity contribution in [2.75, 3.05) is 11.9 Å². The monoisotopic (exact) mass is 511 g/mol. The number of benzene rings is 3. The van der Waals surface area contributed by atoms with Gasteiger partial charge in [0.25, 0.3) is 0 Å². The van der Waals surface area contributed by atoms with Crippen LogP contribution in [0.15, 0.2) is 60.7 Å². The molecule has 0 aliphatic heterocycles. The summed E-state index contributed by atoms with van der Waals surface area (Å²) in [7, 11) is 0. The van der Waals surface area contributed by atoms with Gasteiger partial charge in [-0.15, -0.1) is 0 Å². The summed E-state index contributed by atoms with van der Waals surface area (Å²) in [6, 6.07) is 18.2. The summed E-state index contributed by atoms with van der Waals surface area (Å²) in [6.45, 7) is 3.16. The van der Waals surface area contributed by atoms with Gasteiger partial charge in [0.2, 0.25) is 0 Å². The van der Waals surface area contributed by atoms with Gasteiger partial charge in [0.1, 0.15) is 12.4 Å². The molecule has 0 aliphatic carbocycles. The van der Waals surface area contributed by atoms with E-state index in [0.717, 1.165) is 14.8 Å². The smallest absolute Gasteiger partial charge is 0.174 e. The van der Waals surface area contributed by atoms with Gasteiger partial charge in [-0.25, -0.2) is 4.39 Å². The van der Waals surface area contributed by atoms with Gasteiger partial charge in [0.05, 0.1) is 20.9 Å². The summed E-state index contributed by atoms with van der Waals surface area (Å²) in [5, 5.41) is 4.00. The fourth-order valence-corrected chi connectivity index (χ4v) is 3.72. The van der Waals surface area contributed by atoms with Gasteiger partial charge < -0.3 is 14.8 Å². The van der Waals surface area contributed by atoms with Crippen LogP contribution in [0.3, 0.4) is 0 Å². The normalized spacial score (nSPS) is 10.6. The molecular formula is C22H20ClFINO2. The predicted octanol–water partition coefficient (Wildman–Crippen LogP) is 6.67. The van der Waals surface area contributed by atoms with E-state index in [1.165, 1.54) is 6.07 Å². The molecular weight excluding hydrogens is 492 g/mol. The van der Waals surface area contributed by atoms with Crippen LogP contribution < -0.4 is 14.8 Å². The van der Waals surface area contributed by atoms with E-state index in [0.29, 0.717) is 35.2 Å². The van der Waals surface area contributed by atoms with Crippen molar-refractivity contribution >= 4 is 39.9 Å². The number of ether oxygens (including phenoxy) is 2. The van der Waals surface area contributed by atoms with Crippen molar-refractivity contribution in [2.45, 2.75) is 20.1 Å². The second kappa shape index (κ2) is 9.98. The molecule has 6 heteroatoms. The number of anilines is 1. The molecule has 0 saturated carbocycles. The lowest BCUT2D eigenvalue weighted by Crippen LogP contribution is -2.05. The highest BCUT2D eigenvalue weighted by Gasteiger charge is 2.14. The van der Waals surface area contributed by atoms with Crippen molar-refractivity contribution in [1.29, 1.82) is 0 Å². The summed E-state index contributed by atoms with van der Waals surface area (Å²) in [4.78, 5) is 0. The molecule has 3 nitrogen and oxygen atoms in total. The third-order valence-electron chi connectivity index (χ3n) is 4.06. The molecule has 1 N–H and O–H groups in total. The van der Waals surface area contributed by atoms with Crippen LogP contribution in [-0.2, 0) is 13.2 Å². The van der Waals surface area contributed by atoms with Gasteiger partial charge in [-0.05, 0) is 65.4 Å². The zero-order valence-corrected chi connectivity index (χ0v) is 18.3. The summed E-state index contributed by atoms with van der Waals surface area (Å²) in [6.07, 6.45) is 0. The lowest BCUT2D eigenvalue weighted by Gasteiger charge is -2.16. The van der Waals surface area contributed by atoms with E-state index in [-0.39, 0.29) is 12.4 Å². The molecule has 0 aromatic heterocycles. The Morgan fingerprint density at radius 3 is 2.54 bits per heavy atom. The number of nitrogens with one attached hydrogen (secondary N) is 1. The van der Waals surface area contributed by atoms with Crippen molar-refractivity contribution in [1.82, 2.24) is 0 Å². The van der Waals surface area contributed by atoms with Crippen LogP contribution in [0.1, 0.15) is 18.1 Å². The van der Waals surface area contributed by atoms with E-state index in [9.17, 15) is 4.39 Å². The molecule has 0 amide bonds. The maximum atomic E-state index is 13.9. The lowest BCUT2D eigenvalue weighted by atomic mass is 10.2. The lowest BCUT2D eigenvalue weighted by molar-refractivity contribution is 0.264. The molecule has 0 unspecified atom stereocenters. The molecule has 0 saturated heterocycles. The molecule has 3 aromatic carbocycles. The second-order valence-corrected chi connectivity index (χ2v) is 7.62. The number of hydrogen-bond acceptors (Lipinski definition) is 3. The number of rotatable bonds is 8. The van der Waals surface area contributed by atoms with Crippen LogP contribution in [0.2, 0.25) is 5.02 Å². The molecule has 3 aromatic rings. The van der Waals surface area contributed by atoms with Crippen LogP contribution in [0.4, 0.5) is 10.1 Å². The zero-order valence-electron chi connectivity index (χ0n) is 15.3. The van der Waals surface area contributed by atoms with E-state index < -0.39 is 0 Å². The van der Waals surface area contributed by atoms with Gasteiger partial charge >= 0.3 is 0 Å². The van der Waals surface area contributed by atoms with E-state index in [4.69, 9.17) is 21.1 Å². The Morgan fingerprint density at radius 1 is 1.04 bits per heavy atom. The Morgan fingerprint density at radius 2 is 1.79 bits per heavy atom. The Labute approximate surface area is 183 Å². The van der Waals surface area contributed by atoms with Crippen molar-refractivity contribution in [3.05, 3.63) is 86.2 Å². The predicted molar refractivity (Wildman–Crippen MR) is 120 cm³/mol. The van der Waals surface area contributed by atoms with Crippen molar-refractivity contribution in [2.24, 2.45) is 0 Å². The number of halogens is 3. The molecule has 28 heavy (non-hydrogen) atoms. The second-order valence-electron chi connectivity index (χ2n) is 6.05. The Hall–Kier alpha value is -1.99. The van der Waals surface area contributed by atoms with Crippen molar-refractivity contribution in [3.8, 4) is 11.5 Å². The molecule has 146 valence electrons. The molecule has 3 rings (SSSR count). The fourth-order valence-electron chi connectivity index (χ4n) is 2.69. The first-order valence-electron chi connectivity index (χ1n) is 8.88. The summed E-state index contributed by atoms with van der Waals surface area (Å²) in [5.74, 6) is 0.977. The van der Waals surface area contributed by atoms with Crippen LogP contribution in [-0.4, -0.2) is 6.61 Å². The molecule has 0 heterocycles. The Balaban J connectivity index is 1.77. The van der Waals surface area contributed by atoms with E-state index in [1.807, 2.05) is 43.3 Å². The van der Waals surface area contributed by atoms with Crippen molar-refractivity contribution < 1.29 is 13.9 Å². The van der Waals surface area contributed by atoms with Crippen LogP contribution in [0, 0.1) is 9.39 Å². The third kappa shape index (κ3) is 5.29. The van der Waals surface area contributed by atoms with Gasteiger partial charge in [0, 0.05) is 12.1 Å². The van der Waals surface area contributed by atoms with Crippen LogP contribution in [0.5, 0.6) is 11.5 Å². The first-order chi connectivity index (χ1) is 13.6. The minimum Gasteiger partial charge on any atom is -0.490 e. The average Bonchev–Trinajstić information content (AvgIpc) is 2.68. The highest BCUT2D eigenvalue weighted by Crippen LogP contribution is 2.35. The molecule has 0 aliphatic rings. The van der Waals surface area contributed by atoms with Gasteiger partial charge in [-0.2, -0.15) is 0 Å². The van der Waals surface area contributed by atoms with E-state index >= 15 is 0 Å². The first kappa shape index (κ1) is 20.7. The highest BCUT2D eigenvalue weighted by atomic mass is 127. The molecule has 0 spiro atoms. The SMILES string of the molecule is CCOc1cc(CNc2ccccc2Cl)cc(I)c1OCc1ccccc1F. The maximum absolute atomic E-state index is 13.9. The van der Waals surface area contributed by atoms with Crippen molar-refractivity contribution in [3.63, 3.8) is 0 Å². The summed E-state index contributed by atoms with van der Waals surface area (Å²) >= 11 is 8.41. The largest absolute Gasteiger partial charge is 0.490 e.